The number of pyridine rings is 1. The van der Waals surface area contributed by atoms with E-state index < -0.39 is 9.84 Å². The van der Waals surface area contributed by atoms with Crippen molar-refractivity contribution < 1.29 is 13.2 Å². The summed E-state index contributed by atoms with van der Waals surface area (Å²) >= 11 is 0. The minimum Gasteiger partial charge on any atom is -0.478 e. The van der Waals surface area contributed by atoms with E-state index in [9.17, 15) is 8.42 Å². The maximum atomic E-state index is 11.1. The van der Waals surface area contributed by atoms with Gasteiger partial charge < -0.3 is 4.74 Å². The zero-order valence-electron chi connectivity index (χ0n) is 13.2. The first kappa shape index (κ1) is 16.5. The molecule has 2 aromatic rings. The quantitative estimate of drug-likeness (QED) is 0.767. The number of nitrogens with zero attached hydrogens (tertiary/aromatic N) is 1. The number of hydrogen-bond acceptors (Lipinski definition) is 4. The lowest BCUT2D eigenvalue weighted by atomic mass is 10.00. The average molecular weight is 319 g/mol. The van der Waals surface area contributed by atoms with Gasteiger partial charge in [-0.1, -0.05) is 30.3 Å². The predicted octanol–water partition coefficient (Wildman–Crippen LogP) is 3.18. The van der Waals surface area contributed by atoms with Gasteiger partial charge in [0.05, 0.1) is 12.4 Å². The molecule has 2 rings (SSSR count). The van der Waals surface area contributed by atoms with Crippen molar-refractivity contribution in [1.29, 1.82) is 0 Å². The molecule has 0 bridgehead atoms. The Hall–Kier alpha value is -1.88. The van der Waals surface area contributed by atoms with Crippen LogP contribution in [0, 0.1) is 13.8 Å². The van der Waals surface area contributed by atoms with Gasteiger partial charge in [0.15, 0.2) is 0 Å². The summed E-state index contributed by atoms with van der Waals surface area (Å²) in [6, 6.07) is 12.0. The van der Waals surface area contributed by atoms with E-state index in [1.54, 1.807) is 0 Å². The van der Waals surface area contributed by atoms with Gasteiger partial charge in [-0.3, -0.25) is 0 Å². The summed E-state index contributed by atoms with van der Waals surface area (Å²) in [5.74, 6) is 0.677. The zero-order valence-corrected chi connectivity index (χ0v) is 14.0. The Morgan fingerprint density at radius 3 is 2.41 bits per heavy atom. The molecule has 0 spiro atoms. The number of aryl methyl sites for hydroxylation is 2. The Labute approximate surface area is 132 Å². The lowest BCUT2D eigenvalue weighted by Gasteiger charge is -2.12. The maximum Gasteiger partial charge on any atom is 0.213 e. The molecule has 0 aliphatic rings. The van der Waals surface area contributed by atoms with Crippen molar-refractivity contribution in [3.63, 3.8) is 0 Å². The number of aromatic nitrogens is 1. The standard InChI is InChI=1S/C17H21NO3S/c1-13-12-16(21-10-7-11-22(3,19)20)18-14(2)17(13)15-8-5-4-6-9-15/h4-6,8-9,12H,7,10-11H2,1-3H3. The Balaban J connectivity index is 2.10. The third kappa shape index (κ3) is 4.56. The number of ether oxygens (including phenoxy) is 1. The van der Waals surface area contributed by atoms with Crippen LogP contribution in [-0.4, -0.2) is 32.0 Å². The maximum absolute atomic E-state index is 11.1. The lowest BCUT2D eigenvalue weighted by Crippen LogP contribution is -2.09. The molecule has 0 saturated carbocycles. The van der Waals surface area contributed by atoms with E-state index in [1.165, 1.54) is 6.26 Å². The second-order valence-corrected chi connectivity index (χ2v) is 7.70. The van der Waals surface area contributed by atoms with E-state index in [2.05, 4.69) is 17.1 Å². The second kappa shape index (κ2) is 6.92. The molecule has 0 atom stereocenters. The SMILES string of the molecule is Cc1cc(OCCCS(C)(=O)=O)nc(C)c1-c1ccccc1. The summed E-state index contributed by atoms with van der Waals surface area (Å²) in [5.41, 5.74) is 4.25. The molecular formula is C17H21NO3S. The van der Waals surface area contributed by atoms with Gasteiger partial charge in [-0.2, -0.15) is 0 Å². The third-order valence-electron chi connectivity index (χ3n) is 3.35. The van der Waals surface area contributed by atoms with Crippen molar-refractivity contribution in [2.45, 2.75) is 20.3 Å². The fourth-order valence-corrected chi connectivity index (χ4v) is 3.05. The molecule has 0 N–H and O–H groups in total. The van der Waals surface area contributed by atoms with Crippen LogP contribution in [0.5, 0.6) is 5.88 Å². The van der Waals surface area contributed by atoms with E-state index >= 15 is 0 Å². The highest BCUT2D eigenvalue weighted by Gasteiger charge is 2.10. The van der Waals surface area contributed by atoms with E-state index in [-0.39, 0.29) is 5.75 Å². The number of benzene rings is 1. The largest absolute Gasteiger partial charge is 0.478 e. The highest BCUT2D eigenvalue weighted by atomic mass is 32.2. The molecule has 0 saturated heterocycles. The van der Waals surface area contributed by atoms with Gasteiger partial charge in [0.2, 0.25) is 5.88 Å². The van der Waals surface area contributed by atoms with Crippen molar-refractivity contribution in [2.24, 2.45) is 0 Å². The van der Waals surface area contributed by atoms with Gasteiger partial charge in [0.25, 0.3) is 0 Å². The van der Waals surface area contributed by atoms with E-state index in [0.29, 0.717) is 18.9 Å². The Bertz CT molecular complexity index is 717. The molecule has 0 aliphatic carbocycles. The summed E-state index contributed by atoms with van der Waals surface area (Å²) in [7, 11) is -2.94. The summed E-state index contributed by atoms with van der Waals surface area (Å²) in [5, 5.41) is 0. The molecule has 0 fully saturated rings. The molecular weight excluding hydrogens is 298 g/mol. The van der Waals surface area contributed by atoms with E-state index in [0.717, 1.165) is 22.4 Å². The molecule has 1 heterocycles. The number of sulfone groups is 1. The third-order valence-corrected chi connectivity index (χ3v) is 4.38. The molecule has 118 valence electrons. The Morgan fingerprint density at radius 1 is 1.14 bits per heavy atom. The van der Waals surface area contributed by atoms with Crippen LogP contribution < -0.4 is 4.74 Å². The summed E-state index contributed by atoms with van der Waals surface area (Å²) in [6.45, 7) is 4.34. The molecule has 0 amide bonds. The predicted molar refractivity (Wildman–Crippen MR) is 89.0 cm³/mol. The smallest absolute Gasteiger partial charge is 0.213 e. The first-order valence-corrected chi connectivity index (χ1v) is 9.27. The van der Waals surface area contributed by atoms with Gasteiger partial charge >= 0.3 is 0 Å². The molecule has 0 unspecified atom stereocenters. The van der Waals surface area contributed by atoms with Crippen LogP contribution in [0.4, 0.5) is 0 Å². The van der Waals surface area contributed by atoms with Crippen molar-refractivity contribution in [1.82, 2.24) is 4.98 Å². The van der Waals surface area contributed by atoms with Crippen LogP contribution in [0.25, 0.3) is 11.1 Å². The summed E-state index contributed by atoms with van der Waals surface area (Å²) in [4.78, 5) is 4.47. The summed E-state index contributed by atoms with van der Waals surface area (Å²) in [6.07, 6.45) is 1.70. The number of hydrogen-bond donors (Lipinski definition) is 0. The fraction of sp³-hybridized carbons (Fsp3) is 0.353. The molecule has 0 radical (unpaired) electrons. The molecule has 1 aromatic heterocycles. The fourth-order valence-electron chi connectivity index (χ4n) is 2.41. The molecule has 1 aromatic carbocycles. The van der Waals surface area contributed by atoms with Crippen LogP contribution in [-0.2, 0) is 9.84 Å². The minimum absolute atomic E-state index is 0.132. The van der Waals surface area contributed by atoms with Crippen LogP contribution in [0.1, 0.15) is 17.7 Å². The van der Waals surface area contributed by atoms with Crippen LogP contribution in [0.15, 0.2) is 36.4 Å². The summed E-state index contributed by atoms with van der Waals surface area (Å²) < 4.78 is 27.7. The van der Waals surface area contributed by atoms with Gasteiger partial charge in [0, 0.05) is 23.6 Å². The minimum atomic E-state index is -2.94. The highest BCUT2D eigenvalue weighted by molar-refractivity contribution is 7.90. The Morgan fingerprint density at radius 2 is 1.82 bits per heavy atom. The Kier molecular flexibility index (Phi) is 5.19. The second-order valence-electron chi connectivity index (χ2n) is 5.44. The average Bonchev–Trinajstić information content (AvgIpc) is 2.43. The number of rotatable bonds is 6. The molecule has 4 nitrogen and oxygen atoms in total. The van der Waals surface area contributed by atoms with E-state index in [4.69, 9.17) is 4.74 Å². The molecule has 0 aliphatic heterocycles. The topological polar surface area (TPSA) is 56.3 Å². The van der Waals surface area contributed by atoms with Gasteiger partial charge in [-0.15, -0.1) is 0 Å². The van der Waals surface area contributed by atoms with Gasteiger partial charge in [0.1, 0.15) is 9.84 Å². The first-order valence-electron chi connectivity index (χ1n) is 7.21. The van der Waals surface area contributed by atoms with Crippen LogP contribution in [0.3, 0.4) is 0 Å². The van der Waals surface area contributed by atoms with Crippen LogP contribution in [0.2, 0.25) is 0 Å². The van der Waals surface area contributed by atoms with Crippen molar-refractivity contribution in [3.8, 4) is 17.0 Å². The zero-order chi connectivity index (χ0) is 16.2. The monoisotopic (exact) mass is 319 g/mol. The first-order chi connectivity index (χ1) is 10.4. The van der Waals surface area contributed by atoms with Crippen molar-refractivity contribution in [2.75, 3.05) is 18.6 Å². The van der Waals surface area contributed by atoms with E-state index in [1.807, 2.05) is 38.1 Å². The van der Waals surface area contributed by atoms with Crippen molar-refractivity contribution >= 4 is 9.84 Å². The van der Waals surface area contributed by atoms with Crippen LogP contribution >= 0.6 is 0 Å². The van der Waals surface area contributed by atoms with Gasteiger partial charge in [-0.25, -0.2) is 13.4 Å². The van der Waals surface area contributed by atoms with Gasteiger partial charge in [-0.05, 0) is 31.4 Å². The molecule has 5 heteroatoms. The molecule has 22 heavy (non-hydrogen) atoms. The normalized spacial score (nSPS) is 11.4. The lowest BCUT2D eigenvalue weighted by molar-refractivity contribution is 0.305. The highest BCUT2D eigenvalue weighted by Crippen LogP contribution is 2.28. The van der Waals surface area contributed by atoms with Crippen molar-refractivity contribution in [3.05, 3.63) is 47.7 Å².